The van der Waals surface area contributed by atoms with Crippen molar-refractivity contribution < 1.29 is 4.74 Å². The van der Waals surface area contributed by atoms with Crippen LogP contribution in [0.4, 0.5) is 0 Å². The number of thioether (sulfide) groups is 1. The van der Waals surface area contributed by atoms with Crippen molar-refractivity contribution in [3.63, 3.8) is 0 Å². The van der Waals surface area contributed by atoms with Crippen molar-refractivity contribution in [2.75, 3.05) is 32.8 Å². The number of imidazole rings is 1. The summed E-state index contributed by atoms with van der Waals surface area (Å²) in [6.07, 6.45) is 2.15. The summed E-state index contributed by atoms with van der Waals surface area (Å²) < 4.78 is 9.59. The van der Waals surface area contributed by atoms with Crippen molar-refractivity contribution >= 4 is 28.2 Å². The van der Waals surface area contributed by atoms with Crippen molar-refractivity contribution in [1.29, 1.82) is 5.26 Å². The fourth-order valence-corrected chi connectivity index (χ4v) is 5.68. The summed E-state index contributed by atoms with van der Waals surface area (Å²) in [5.41, 5.74) is 5.05. The molecule has 0 amide bonds. The lowest BCUT2D eigenvalue weighted by atomic mass is 10.1. The molecule has 3 aromatic heterocycles. The normalized spacial score (nSPS) is 14.4. The van der Waals surface area contributed by atoms with Crippen LogP contribution >= 0.6 is 11.8 Å². The Bertz CT molecular complexity index is 1600. The molecule has 6 rings (SSSR count). The highest BCUT2D eigenvalue weighted by atomic mass is 32.2. The maximum absolute atomic E-state index is 9.82. The molecule has 37 heavy (non-hydrogen) atoms. The van der Waals surface area contributed by atoms with E-state index in [0.717, 1.165) is 78.1 Å². The number of ether oxygens (including phenoxy) is 1. The van der Waals surface area contributed by atoms with Gasteiger partial charge < -0.3 is 9.30 Å². The van der Waals surface area contributed by atoms with Gasteiger partial charge in [-0.15, -0.1) is 0 Å². The first-order chi connectivity index (χ1) is 18.2. The average Bonchev–Trinajstić information content (AvgIpc) is 3.52. The number of hydrogen-bond acceptors (Lipinski definition) is 7. The van der Waals surface area contributed by atoms with E-state index in [4.69, 9.17) is 14.7 Å². The van der Waals surface area contributed by atoms with Crippen molar-refractivity contribution in [3.05, 3.63) is 77.9 Å². The third-order valence-corrected chi connectivity index (χ3v) is 7.67. The van der Waals surface area contributed by atoms with Crippen molar-refractivity contribution in [2.45, 2.75) is 24.4 Å². The highest BCUT2D eigenvalue weighted by Gasteiger charge is 2.19. The molecule has 186 valence electrons. The van der Waals surface area contributed by atoms with Crippen molar-refractivity contribution in [3.8, 4) is 17.3 Å². The second-order valence-corrected chi connectivity index (χ2v) is 10.0. The number of benzene rings is 2. The first kappa shape index (κ1) is 23.7. The minimum atomic E-state index is 0.596. The Balaban J connectivity index is 1.34. The van der Waals surface area contributed by atoms with Crippen LogP contribution in [-0.4, -0.2) is 61.9 Å². The minimum absolute atomic E-state index is 0.596. The Kier molecular flexibility index (Phi) is 6.62. The molecule has 0 bridgehead atoms. The predicted molar refractivity (Wildman–Crippen MR) is 144 cm³/mol. The molecule has 0 atom stereocenters. The topological polar surface area (TPSA) is 84.3 Å². The molecule has 0 aliphatic carbocycles. The molecule has 4 heterocycles. The lowest BCUT2D eigenvalue weighted by molar-refractivity contribution is 0.0363. The largest absolute Gasteiger partial charge is 0.379 e. The average molecular weight is 510 g/mol. The van der Waals surface area contributed by atoms with Crippen molar-refractivity contribution in [2.24, 2.45) is 0 Å². The van der Waals surface area contributed by atoms with Crippen LogP contribution in [0.3, 0.4) is 0 Å². The monoisotopic (exact) mass is 509 g/mol. The molecule has 1 aliphatic rings. The fraction of sp³-hybridized carbons (Fsp3) is 0.286. The van der Waals surface area contributed by atoms with Gasteiger partial charge in [0.05, 0.1) is 41.4 Å². The fourth-order valence-electron chi connectivity index (χ4n) is 4.78. The minimum Gasteiger partial charge on any atom is -0.379 e. The second kappa shape index (κ2) is 10.3. The van der Waals surface area contributed by atoms with Crippen LogP contribution in [0.15, 0.2) is 66.0 Å². The van der Waals surface area contributed by atoms with Gasteiger partial charge in [-0.05, 0) is 13.0 Å². The molecular weight excluding hydrogens is 482 g/mol. The quantitative estimate of drug-likeness (QED) is 0.235. The molecule has 0 radical (unpaired) electrons. The number of hydrogen-bond donors (Lipinski definition) is 0. The van der Waals surface area contributed by atoms with Gasteiger partial charge in [0.2, 0.25) is 0 Å². The van der Waals surface area contributed by atoms with E-state index in [1.807, 2.05) is 53.9 Å². The molecule has 5 aromatic rings. The van der Waals surface area contributed by atoms with E-state index in [1.54, 1.807) is 11.8 Å². The summed E-state index contributed by atoms with van der Waals surface area (Å²) in [4.78, 5) is 12.4. The molecule has 8 nitrogen and oxygen atoms in total. The van der Waals surface area contributed by atoms with Gasteiger partial charge in [0.1, 0.15) is 17.5 Å². The van der Waals surface area contributed by atoms with Gasteiger partial charge in [-0.1, -0.05) is 60.3 Å². The Morgan fingerprint density at radius 3 is 2.59 bits per heavy atom. The highest BCUT2D eigenvalue weighted by molar-refractivity contribution is 7.98. The third-order valence-electron chi connectivity index (χ3n) is 6.75. The van der Waals surface area contributed by atoms with E-state index in [9.17, 15) is 5.26 Å². The first-order valence-electron chi connectivity index (χ1n) is 12.4. The standard InChI is InChI=1S/C28H27N7OS/c1-20-23(17-29)27-22-9-5-6-10-24(22)31-28(35(27)32-20)37-19-26-30-25(21-7-3-2-4-8-21)18-34(26)12-11-33-13-15-36-16-14-33/h2-10,18H,11-16,19H2,1H3. The van der Waals surface area contributed by atoms with Crippen molar-refractivity contribution in [1.82, 2.24) is 29.0 Å². The van der Waals surface area contributed by atoms with Crippen LogP contribution in [-0.2, 0) is 17.0 Å². The molecule has 0 unspecified atom stereocenters. The summed E-state index contributed by atoms with van der Waals surface area (Å²) in [6, 6.07) is 20.6. The summed E-state index contributed by atoms with van der Waals surface area (Å²) in [5.74, 6) is 1.63. The van der Waals surface area contributed by atoms with Crippen LogP contribution in [0.2, 0.25) is 0 Å². The number of fused-ring (bicyclic) bond motifs is 3. The number of rotatable bonds is 7. The van der Waals surface area contributed by atoms with Gasteiger partial charge >= 0.3 is 0 Å². The molecule has 2 aromatic carbocycles. The van der Waals surface area contributed by atoms with Crippen LogP contribution in [0.5, 0.6) is 0 Å². The number of para-hydroxylation sites is 1. The van der Waals surface area contributed by atoms with Gasteiger partial charge in [-0.3, -0.25) is 4.90 Å². The molecule has 0 N–H and O–H groups in total. The molecule has 9 heteroatoms. The lowest BCUT2D eigenvalue weighted by Gasteiger charge is -2.26. The van der Waals surface area contributed by atoms with E-state index in [-0.39, 0.29) is 0 Å². The molecule has 1 saturated heterocycles. The zero-order chi connectivity index (χ0) is 25.2. The number of nitrogens with zero attached hydrogens (tertiary/aromatic N) is 7. The highest BCUT2D eigenvalue weighted by Crippen LogP contribution is 2.30. The SMILES string of the molecule is Cc1nn2c(SCc3nc(-c4ccccc4)cn3CCN3CCOCC3)nc3ccccc3c2c1C#N. The lowest BCUT2D eigenvalue weighted by Crippen LogP contribution is -2.38. The third kappa shape index (κ3) is 4.71. The summed E-state index contributed by atoms with van der Waals surface area (Å²) in [7, 11) is 0. The second-order valence-electron chi connectivity index (χ2n) is 9.09. The van der Waals surface area contributed by atoms with E-state index in [0.29, 0.717) is 17.0 Å². The summed E-state index contributed by atoms with van der Waals surface area (Å²) in [6.45, 7) is 7.19. The van der Waals surface area contributed by atoms with Crippen LogP contribution < -0.4 is 0 Å². The van der Waals surface area contributed by atoms with Gasteiger partial charge in [0, 0.05) is 43.3 Å². The molecule has 0 saturated carbocycles. The number of aromatic nitrogens is 5. The van der Waals surface area contributed by atoms with Gasteiger partial charge in [-0.2, -0.15) is 10.4 Å². The summed E-state index contributed by atoms with van der Waals surface area (Å²) >= 11 is 1.60. The van der Waals surface area contributed by atoms with E-state index < -0.39 is 0 Å². The van der Waals surface area contributed by atoms with Gasteiger partial charge in [0.15, 0.2) is 5.16 Å². The van der Waals surface area contributed by atoms with Crippen LogP contribution in [0.25, 0.3) is 27.7 Å². The Labute approximate surface area is 219 Å². The number of morpholine rings is 1. The zero-order valence-corrected chi connectivity index (χ0v) is 21.5. The number of aryl methyl sites for hydroxylation is 1. The zero-order valence-electron chi connectivity index (χ0n) is 20.7. The van der Waals surface area contributed by atoms with Gasteiger partial charge in [-0.25, -0.2) is 14.5 Å². The van der Waals surface area contributed by atoms with Gasteiger partial charge in [0.25, 0.3) is 0 Å². The Morgan fingerprint density at radius 2 is 1.78 bits per heavy atom. The van der Waals surface area contributed by atoms with E-state index >= 15 is 0 Å². The van der Waals surface area contributed by atoms with Crippen LogP contribution in [0.1, 0.15) is 17.1 Å². The van der Waals surface area contributed by atoms with Crippen LogP contribution in [0, 0.1) is 18.3 Å². The Hall–Kier alpha value is -3.71. The van der Waals surface area contributed by atoms with E-state index in [2.05, 4.69) is 39.0 Å². The maximum atomic E-state index is 9.82. The number of nitriles is 1. The molecular formula is C28H27N7OS. The smallest absolute Gasteiger partial charge is 0.190 e. The maximum Gasteiger partial charge on any atom is 0.190 e. The summed E-state index contributed by atoms with van der Waals surface area (Å²) in [5, 5.41) is 16.2. The molecule has 1 aliphatic heterocycles. The van der Waals surface area contributed by atoms with E-state index in [1.165, 1.54) is 0 Å². The molecule has 0 spiro atoms. The predicted octanol–water partition coefficient (Wildman–Crippen LogP) is 4.55. The molecule has 1 fully saturated rings. The first-order valence-corrected chi connectivity index (χ1v) is 13.4. The Morgan fingerprint density at radius 1 is 1.00 bits per heavy atom.